The van der Waals surface area contributed by atoms with Gasteiger partial charge in [-0.2, -0.15) is 0 Å². The first-order valence-electron chi connectivity index (χ1n) is 9.51. The molecule has 4 nitrogen and oxygen atoms in total. The molecule has 2 aliphatic rings. The maximum absolute atomic E-state index is 13.2. The molecule has 4 rings (SSSR count). The Kier molecular flexibility index (Phi) is 4.92. The summed E-state index contributed by atoms with van der Waals surface area (Å²) in [6, 6.07) is 13.9. The van der Waals surface area contributed by atoms with Crippen LogP contribution in [0.4, 0.5) is 4.39 Å². The summed E-state index contributed by atoms with van der Waals surface area (Å²) in [7, 11) is 0. The summed E-state index contributed by atoms with van der Waals surface area (Å²) < 4.78 is 13.2. The number of likely N-dealkylation sites (tertiary alicyclic amines) is 1. The second-order valence-corrected chi connectivity index (χ2v) is 7.33. The number of piperidine rings is 1. The topological polar surface area (TPSA) is 40.6 Å². The van der Waals surface area contributed by atoms with Crippen molar-refractivity contribution < 1.29 is 14.0 Å². The van der Waals surface area contributed by atoms with Crippen molar-refractivity contribution in [1.82, 2.24) is 9.80 Å². The summed E-state index contributed by atoms with van der Waals surface area (Å²) in [5.74, 6) is -0.274. The van der Waals surface area contributed by atoms with E-state index in [0.29, 0.717) is 32.5 Å². The number of hydrogen-bond acceptors (Lipinski definition) is 2. The number of benzene rings is 2. The number of nitrogens with zero attached hydrogens (tertiary/aromatic N) is 2. The normalized spacial score (nSPS) is 19.7. The molecule has 0 aliphatic carbocycles. The minimum Gasteiger partial charge on any atom is -0.336 e. The molecule has 27 heavy (non-hydrogen) atoms. The monoisotopic (exact) mass is 366 g/mol. The Morgan fingerprint density at radius 3 is 2.56 bits per heavy atom. The molecule has 0 radical (unpaired) electrons. The van der Waals surface area contributed by atoms with Crippen LogP contribution >= 0.6 is 0 Å². The van der Waals surface area contributed by atoms with Gasteiger partial charge in [0.15, 0.2) is 0 Å². The molecule has 140 valence electrons. The van der Waals surface area contributed by atoms with Crippen molar-refractivity contribution in [2.45, 2.75) is 44.8 Å². The van der Waals surface area contributed by atoms with Crippen LogP contribution in [0.2, 0.25) is 0 Å². The molecule has 1 fully saturated rings. The van der Waals surface area contributed by atoms with Crippen LogP contribution in [0.25, 0.3) is 0 Å². The fourth-order valence-electron chi connectivity index (χ4n) is 4.06. The summed E-state index contributed by atoms with van der Waals surface area (Å²) in [4.78, 5) is 29.3. The zero-order valence-electron chi connectivity index (χ0n) is 15.2. The second-order valence-electron chi connectivity index (χ2n) is 7.33. The van der Waals surface area contributed by atoms with E-state index in [4.69, 9.17) is 0 Å². The van der Waals surface area contributed by atoms with E-state index in [1.807, 2.05) is 17.0 Å². The van der Waals surface area contributed by atoms with Crippen LogP contribution in [0, 0.1) is 5.82 Å². The summed E-state index contributed by atoms with van der Waals surface area (Å²) in [6.07, 6.45) is 2.73. The van der Waals surface area contributed by atoms with Gasteiger partial charge in [0.2, 0.25) is 11.8 Å². The molecule has 5 heteroatoms. The Balaban J connectivity index is 1.52. The van der Waals surface area contributed by atoms with Crippen molar-refractivity contribution >= 4 is 11.8 Å². The van der Waals surface area contributed by atoms with Crippen molar-refractivity contribution in [3.8, 4) is 0 Å². The van der Waals surface area contributed by atoms with Crippen LogP contribution in [0.1, 0.15) is 36.0 Å². The lowest BCUT2D eigenvalue weighted by Crippen LogP contribution is -2.53. The predicted molar refractivity (Wildman–Crippen MR) is 100 cm³/mol. The highest BCUT2D eigenvalue weighted by Gasteiger charge is 2.36. The SMILES string of the molecule is O=C(C1CCCC(=O)N1Cc1ccc(F)cc1)N1CCc2ccccc2C1. The summed E-state index contributed by atoms with van der Waals surface area (Å²) in [5.41, 5.74) is 3.32. The number of amides is 2. The van der Waals surface area contributed by atoms with E-state index in [9.17, 15) is 14.0 Å². The van der Waals surface area contributed by atoms with Gasteiger partial charge in [0, 0.05) is 26.1 Å². The molecule has 2 aromatic carbocycles. The van der Waals surface area contributed by atoms with Crippen molar-refractivity contribution in [3.63, 3.8) is 0 Å². The smallest absolute Gasteiger partial charge is 0.245 e. The lowest BCUT2D eigenvalue weighted by Gasteiger charge is -2.39. The van der Waals surface area contributed by atoms with Gasteiger partial charge in [-0.1, -0.05) is 36.4 Å². The van der Waals surface area contributed by atoms with Crippen LogP contribution < -0.4 is 0 Å². The molecule has 1 unspecified atom stereocenters. The number of halogens is 1. The van der Waals surface area contributed by atoms with E-state index < -0.39 is 6.04 Å². The minimum absolute atomic E-state index is 0.00124. The molecular weight excluding hydrogens is 343 g/mol. The van der Waals surface area contributed by atoms with E-state index in [0.717, 1.165) is 18.4 Å². The van der Waals surface area contributed by atoms with Gasteiger partial charge in [-0.15, -0.1) is 0 Å². The minimum atomic E-state index is -0.429. The number of fused-ring (bicyclic) bond motifs is 1. The Hall–Kier alpha value is -2.69. The summed E-state index contributed by atoms with van der Waals surface area (Å²) >= 11 is 0. The van der Waals surface area contributed by atoms with E-state index >= 15 is 0 Å². The highest BCUT2D eigenvalue weighted by atomic mass is 19.1. The predicted octanol–water partition coefficient (Wildman–Crippen LogP) is 3.29. The molecular formula is C22H23FN2O2. The number of hydrogen-bond donors (Lipinski definition) is 0. The standard InChI is InChI=1S/C22H23FN2O2/c23-19-10-8-16(9-11-19)14-25-20(6-3-7-21(25)26)22(27)24-13-12-17-4-1-2-5-18(17)15-24/h1-2,4-5,8-11,20H,3,6-7,12-15H2. The van der Waals surface area contributed by atoms with E-state index in [1.165, 1.54) is 23.3 Å². The Morgan fingerprint density at radius 1 is 1.04 bits per heavy atom. The third-order valence-corrected chi connectivity index (χ3v) is 5.56. The Bertz CT molecular complexity index is 850. The van der Waals surface area contributed by atoms with E-state index in [1.54, 1.807) is 17.0 Å². The molecule has 0 aromatic heterocycles. The first kappa shape index (κ1) is 17.7. The largest absolute Gasteiger partial charge is 0.336 e. The van der Waals surface area contributed by atoms with Crippen molar-refractivity contribution in [2.75, 3.05) is 6.54 Å². The molecule has 0 N–H and O–H groups in total. The van der Waals surface area contributed by atoms with Crippen LogP contribution in [0.15, 0.2) is 48.5 Å². The zero-order valence-corrected chi connectivity index (χ0v) is 15.2. The van der Waals surface area contributed by atoms with Gasteiger partial charge in [-0.25, -0.2) is 4.39 Å². The van der Waals surface area contributed by atoms with Gasteiger partial charge in [0.1, 0.15) is 11.9 Å². The molecule has 2 aromatic rings. The maximum atomic E-state index is 13.2. The van der Waals surface area contributed by atoms with Gasteiger partial charge < -0.3 is 9.80 Å². The third kappa shape index (κ3) is 3.72. The molecule has 2 heterocycles. The van der Waals surface area contributed by atoms with Crippen LogP contribution in [0.5, 0.6) is 0 Å². The van der Waals surface area contributed by atoms with E-state index in [-0.39, 0.29) is 17.6 Å². The van der Waals surface area contributed by atoms with Gasteiger partial charge in [-0.05, 0) is 48.1 Å². The fourth-order valence-corrected chi connectivity index (χ4v) is 4.06. The van der Waals surface area contributed by atoms with Crippen LogP contribution in [-0.4, -0.2) is 34.2 Å². The highest BCUT2D eigenvalue weighted by molar-refractivity contribution is 5.89. The summed E-state index contributed by atoms with van der Waals surface area (Å²) in [5, 5.41) is 0. The van der Waals surface area contributed by atoms with Gasteiger partial charge >= 0.3 is 0 Å². The Morgan fingerprint density at radius 2 is 1.78 bits per heavy atom. The van der Waals surface area contributed by atoms with Crippen LogP contribution in [-0.2, 0) is 29.1 Å². The average Bonchev–Trinajstić information content (AvgIpc) is 2.70. The van der Waals surface area contributed by atoms with Crippen molar-refractivity contribution in [1.29, 1.82) is 0 Å². The lowest BCUT2D eigenvalue weighted by molar-refractivity contribution is -0.150. The quantitative estimate of drug-likeness (QED) is 0.836. The molecule has 2 amide bonds. The van der Waals surface area contributed by atoms with Crippen molar-refractivity contribution in [3.05, 3.63) is 71.0 Å². The molecule has 0 saturated carbocycles. The number of carbonyl (C=O) groups excluding carboxylic acids is 2. The Labute approximate surface area is 158 Å². The van der Waals surface area contributed by atoms with Crippen molar-refractivity contribution in [2.24, 2.45) is 0 Å². The zero-order chi connectivity index (χ0) is 18.8. The maximum Gasteiger partial charge on any atom is 0.245 e. The molecule has 1 atom stereocenters. The van der Waals surface area contributed by atoms with Crippen LogP contribution in [0.3, 0.4) is 0 Å². The second kappa shape index (κ2) is 7.51. The molecule has 0 spiro atoms. The first-order chi connectivity index (χ1) is 13.1. The molecule has 1 saturated heterocycles. The molecule has 2 aliphatic heterocycles. The summed E-state index contributed by atoms with van der Waals surface area (Å²) in [6.45, 7) is 1.63. The first-order valence-corrected chi connectivity index (χ1v) is 9.51. The fraction of sp³-hybridized carbons (Fsp3) is 0.364. The third-order valence-electron chi connectivity index (χ3n) is 5.56. The number of carbonyl (C=O) groups is 2. The van der Waals surface area contributed by atoms with E-state index in [2.05, 4.69) is 12.1 Å². The number of rotatable bonds is 3. The van der Waals surface area contributed by atoms with Gasteiger partial charge in [0.05, 0.1) is 0 Å². The van der Waals surface area contributed by atoms with Gasteiger partial charge in [0.25, 0.3) is 0 Å². The highest BCUT2D eigenvalue weighted by Crippen LogP contribution is 2.25. The average molecular weight is 366 g/mol. The molecule has 0 bridgehead atoms. The lowest BCUT2D eigenvalue weighted by atomic mass is 9.96. The van der Waals surface area contributed by atoms with Gasteiger partial charge in [-0.3, -0.25) is 9.59 Å².